The van der Waals surface area contributed by atoms with Gasteiger partial charge in [0.25, 0.3) is 5.91 Å². The number of carboxylic acids is 1. The number of nitrogens with one attached hydrogen (secondary N) is 1. The number of carbonyl (C=O) groups excluding carboxylic acids is 2. The molecule has 7 nitrogen and oxygen atoms in total. The minimum atomic E-state index is -0.786. The maximum absolute atomic E-state index is 12.6. The number of benzene rings is 1. The Labute approximate surface area is 164 Å². The molecule has 1 aromatic rings. The van der Waals surface area contributed by atoms with Gasteiger partial charge in [-0.05, 0) is 61.8 Å². The first kappa shape index (κ1) is 18.9. The van der Waals surface area contributed by atoms with Crippen molar-refractivity contribution in [3.8, 4) is 0 Å². The number of rotatable bonds is 7. The van der Waals surface area contributed by atoms with Gasteiger partial charge < -0.3 is 15.3 Å². The number of aliphatic carboxylic acids is 1. The summed E-state index contributed by atoms with van der Waals surface area (Å²) in [4.78, 5) is 39.3. The largest absolute Gasteiger partial charge is 0.480 e. The first-order chi connectivity index (χ1) is 13.4. The number of amides is 2. The van der Waals surface area contributed by atoms with Gasteiger partial charge in [-0.3, -0.25) is 19.3 Å². The summed E-state index contributed by atoms with van der Waals surface area (Å²) in [5.41, 5.74) is 2.52. The third-order valence-corrected chi connectivity index (χ3v) is 6.18. The van der Waals surface area contributed by atoms with Crippen LogP contribution in [0.15, 0.2) is 18.2 Å². The third kappa shape index (κ3) is 4.04. The molecule has 1 heterocycles. The first-order valence-corrected chi connectivity index (χ1v) is 10.1. The van der Waals surface area contributed by atoms with Crippen molar-refractivity contribution < 1.29 is 19.5 Å². The Morgan fingerprint density at radius 1 is 1.25 bits per heavy atom. The second-order valence-electron chi connectivity index (χ2n) is 8.36. The molecular formula is C21H27N3O4. The Morgan fingerprint density at radius 2 is 2.00 bits per heavy atom. The van der Waals surface area contributed by atoms with Gasteiger partial charge in [0.05, 0.1) is 6.54 Å². The lowest BCUT2D eigenvalue weighted by Gasteiger charge is -2.42. The highest BCUT2D eigenvalue weighted by atomic mass is 16.4. The summed E-state index contributed by atoms with van der Waals surface area (Å²) in [5.74, 6) is -0.140. The number of fused-ring (bicyclic) bond motifs is 1. The van der Waals surface area contributed by atoms with E-state index in [-0.39, 0.29) is 30.4 Å². The van der Waals surface area contributed by atoms with E-state index in [9.17, 15) is 14.4 Å². The van der Waals surface area contributed by atoms with Crippen LogP contribution in [-0.2, 0) is 16.0 Å². The quantitative estimate of drug-likeness (QED) is 0.745. The van der Waals surface area contributed by atoms with E-state index < -0.39 is 5.97 Å². The highest BCUT2D eigenvalue weighted by Crippen LogP contribution is 2.34. The van der Waals surface area contributed by atoms with E-state index in [1.54, 1.807) is 18.0 Å². The Morgan fingerprint density at radius 3 is 2.68 bits per heavy atom. The average Bonchev–Trinajstić information content (AvgIpc) is 3.43. The standard InChI is InChI=1S/C21H27N3O4/c1-23-18-6-4-15(8-14(18)5-7-19(23)25)21(28)22-16-9-17(10-16)24(12-20(26)27)11-13-2-3-13/h4,6,8,13,16-17H,2-3,5,7,9-12H2,1H3,(H,22,28)(H,26,27). The van der Waals surface area contributed by atoms with Crippen LogP contribution < -0.4 is 10.2 Å². The van der Waals surface area contributed by atoms with E-state index >= 15 is 0 Å². The summed E-state index contributed by atoms with van der Waals surface area (Å²) in [5, 5.41) is 12.2. The Balaban J connectivity index is 1.32. The molecule has 2 N–H and O–H groups in total. The van der Waals surface area contributed by atoms with Crippen LogP contribution in [0.4, 0.5) is 5.69 Å². The van der Waals surface area contributed by atoms with Crippen LogP contribution in [0.5, 0.6) is 0 Å². The molecule has 4 rings (SSSR count). The van der Waals surface area contributed by atoms with E-state index in [2.05, 4.69) is 10.2 Å². The fourth-order valence-electron chi connectivity index (χ4n) is 4.22. The lowest BCUT2D eigenvalue weighted by atomic mass is 9.85. The molecule has 0 spiro atoms. The fraction of sp³-hybridized carbons (Fsp3) is 0.571. The second-order valence-corrected chi connectivity index (χ2v) is 8.36. The van der Waals surface area contributed by atoms with E-state index in [0.29, 0.717) is 24.3 Å². The van der Waals surface area contributed by atoms with Crippen LogP contribution in [0, 0.1) is 5.92 Å². The van der Waals surface area contributed by atoms with E-state index in [0.717, 1.165) is 30.6 Å². The summed E-state index contributed by atoms with van der Waals surface area (Å²) in [6.07, 6.45) is 5.13. The van der Waals surface area contributed by atoms with Crippen LogP contribution in [0.3, 0.4) is 0 Å². The molecule has 2 fully saturated rings. The minimum absolute atomic E-state index is 0.0822. The van der Waals surface area contributed by atoms with Crippen LogP contribution in [0.2, 0.25) is 0 Å². The zero-order valence-electron chi connectivity index (χ0n) is 16.2. The molecule has 0 unspecified atom stereocenters. The lowest BCUT2D eigenvalue weighted by molar-refractivity contribution is -0.139. The molecule has 1 aliphatic heterocycles. The third-order valence-electron chi connectivity index (χ3n) is 6.18. The topological polar surface area (TPSA) is 90.0 Å². The molecule has 1 aromatic carbocycles. The van der Waals surface area contributed by atoms with Crippen LogP contribution >= 0.6 is 0 Å². The minimum Gasteiger partial charge on any atom is -0.480 e. The normalized spacial score (nSPS) is 23.9. The predicted molar refractivity (Wildman–Crippen MR) is 104 cm³/mol. The highest BCUT2D eigenvalue weighted by Gasteiger charge is 2.37. The van der Waals surface area contributed by atoms with E-state index in [1.807, 2.05) is 12.1 Å². The van der Waals surface area contributed by atoms with Crippen LogP contribution in [0.25, 0.3) is 0 Å². The maximum atomic E-state index is 12.6. The summed E-state index contributed by atoms with van der Waals surface area (Å²) in [7, 11) is 1.76. The summed E-state index contributed by atoms with van der Waals surface area (Å²) in [6.45, 7) is 0.938. The molecule has 150 valence electrons. The van der Waals surface area contributed by atoms with Gasteiger partial charge in [0, 0.05) is 43.3 Å². The number of carbonyl (C=O) groups is 3. The average molecular weight is 385 g/mol. The number of aryl methyl sites for hydroxylation is 1. The molecule has 0 aromatic heterocycles. The first-order valence-electron chi connectivity index (χ1n) is 10.1. The van der Waals surface area contributed by atoms with Gasteiger partial charge in [0.1, 0.15) is 0 Å². The maximum Gasteiger partial charge on any atom is 0.317 e. The Kier molecular flexibility index (Phi) is 5.10. The predicted octanol–water partition coefficient (Wildman–Crippen LogP) is 1.65. The number of hydrogen-bond donors (Lipinski definition) is 2. The van der Waals surface area contributed by atoms with Crippen molar-refractivity contribution in [1.29, 1.82) is 0 Å². The molecule has 2 amide bonds. The molecule has 0 saturated heterocycles. The van der Waals surface area contributed by atoms with Gasteiger partial charge in [0.2, 0.25) is 5.91 Å². The van der Waals surface area contributed by atoms with Gasteiger partial charge in [-0.2, -0.15) is 0 Å². The molecular weight excluding hydrogens is 358 g/mol. The smallest absolute Gasteiger partial charge is 0.317 e. The second kappa shape index (κ2) is 7.54. The molecule has 3 aliphatic rings. The van der Waals surface area contributed by atoms with Crippen molar-refractivity contribution >= 4 is 23.5 Å². The molecule has 0 radical (unpaired) electrons. The summed E-state index contributed by atoms with van der Waals surface area (Å²) < 4.78 is 0. The zero-order chi connectivity index (χ0) is 19.8. The van der Waals surface area contributed by atoms with Gasteiger partial charge >= 0.3 is 5.97 Å². The van der Waals surface area contributed by atoms with Gasteiger partial charge in [0.15, 0.2) is 0 Å². The number of nitrogens with zero attached hydrogens (tertiary/aromatic N) is 2. The van der Waals surface area contributed by atoms with Crippen molar-refractivity contribution in [3.05, 3.63) is 29.3 Å². The molecule has 0 bridgehead atoms. The molecule has 28 heavy (non-hydrogen) atoms. The fourth-order valence-corrected chi connectivity index (χ4v) is 4.22. The molecule has 7 heteroatoms. The molecule has 2 saturated carbocycles. The van der Waals surface area contributed by atoms with Gasteiger partial charge in [-0.15, -0.1) is 0 Å². The van der Waals surface area contributed by atoms with Crippen molar-refractivity contribution in [2.75, 3.05) is 25.0 Å². The summed E-state index contributed by atoms with van der Waals surface area (Å²) in [6, 6.07) is 5.82. The van der Waals surface area contributed by atoms with Crippen molar-refractivity contribution in [2.45, 2.75) is 50.6 Å². The van der Waals surface area contributed by atoms with E-state index in [4.69, 9.17) is 5.11 Å². The van der Waals surface area contributed by atoms with Gasteiger partial charge in [-0.25, -0.2) is 0 Å². The zero-order valence-corrected chi connectivity index (χ0v) is 16.2. The molecule has 0 atom stereocenters. The monoisotopic (exact) mass is 385 g/mol. The van der Waals surface area contributed by atoms with Crippen molar-refractivity contribution in [1.82, 2.24) is 10.2 Å². The van der Waals surface area contributed by atoms with Crippen molar-refractivity contribution in [3.63, 3.8) is 0 Å². The Bertz CT molecular complexity index is 799. The SMILES string of the molecule is CN1C(=O)CCc2cc(C(=O)NC3CC(N(CC(=O)O)CC4CC4)C3)ccc21. The number of hydrogen-bond acceptors (Lipinski definition) is 4. The van der Waals surface area contributed by atoms with Crippen molar-refractivity contribution in [2.24, 2.45) is 5.92 Å². The highest BCUT2D eigenvalue weighted by molar-refractivity contribution is 5.99. The van der Waals surface area contributed by atoms with Crippen LogP contribution in [0.1, 0.15) is 48.0 Å². The number of carboxylic acid groups (broad SMARTS) is 1. The Hall–Kier alpha value is -2.41. The van der Waals surface area contributed by atoms with E-state index in [1.165, 1.54) is 12.8 Å². The summed E-state index contributed by atoms with van der Waals surface area (Å²) >= 11 is 0. The number of anilines is 1. The lowest BCUT2D eigenvalue weighted by Crippen LogP contribution is -2.55. The van der Waals surface area contributed by atoms with Crippen LogP contribution in [-0.4, -0.2) is 60.0 Å². The molecule has 2 aliphatic carbocycles. The van der Waals surface area contributed by atoms with Gasteiger partial charge in [-0.1, -0.05) is 0 Å².